The summed E-state index contributed by atoms with van der Waals surface area (Å²) in [5.41, 5.74) is 2.44. The van der Waals surface area contributed by atoms with Crippen LogP contribution in [0, 0.1) is 6.92 Å². The first-order valence-corrected chi connectivity index (χ1v) is 5.50. The number of methoxy groups -OCH3 is 1. The molecule has 3 nitrogen and oxygen atoms in total. The summed E-state index contributed by atoms with van der Waals surface area (Å²) in [6.45, 7) is 3.18. The predicted octanol–water partition coefficient (Wildman–Crippen LogP) is 2.34. The summed E-state index contributed by atoms with van der Waals surface area (Å²) < 4.78 is 7.40. The van der Waals surface area contributed by atoms with Crippen LogP contribution in [0.2, 0.25) is 0 Å². The molecule has 2 aromatic rings. The molecule has 0 amide bonds. The van der Waals surface area contributed by atoms with Gasteiger partial charge in [-0.1, -0.05) is 0 Å². The summed E-state index contributed by atoms with van der Waals surface area (Å²) in [4.78, 5) is 0. The van der Waals surface area contributed by atoms with Gasteiger partial charge < -0.3 is 14.4 Å². The van der Waals surface area contributed by atoms with Gasteiger partial charge in [-0.25, -0.2) is 0 Å². The Balaban J connectivity index is 2.45. The van der Waals surface area contributed by atoms with Gasteiger partial charge in [-0.2, -0.15) is 0 Å². The van der Waals surface area contributed by atoms with E-state index in [0.29, 0.717) is 0 Å². The van der Waals surface area contributed by atoms with Crippen molar-refractivity contribution in [3.05, 3.63) is 30.0 Å². The van der Waals surface area contributed by atoms with Crippen molar-refractivity contribution in [3.63, 3.8) is 0 Å². The highest BCUT2D eigenvalue weighted by Crippen LogP contribution is 2.25. The first kappa shape index (κ1) is 11.0. The lowest BCUT2D eigenvalue weighted by Gasteiger charge is -2.04. The second-order valence-corrected chi connectivity index (χ2v) is 3.97. The van der Waals surface area contributed by atoms with Crippen LogP contribution in [0.3, 0.4) is 0 Å². The SMILES string of the molecule is COc1ccc2c(c1)c(C)cn2CCCO. The molecule has 0 aliphatic carbocycles. The van der Waals surface area contributed by atoms with Crippen molar-refractivity contribution in [1.29, 1.82) is 0 Å². The molecule has 0 saturated heterocycles. The van der Waals surface area contributed by atoms with Gasteiger partial charge in [-0.05, 0) is 37.1 Å². The van der Waals surface area contributed by atoms with Crippen LogP contribution in [0.25, 0.3) is 10.9 Å². The molecular weight excluding hydrogens is 202 g/mol. The Hall–Kier alpha value is -1.48. The van der Waals surface area contributed by atoms with E-state index in [4.69, 9.17) is 9.84 Å². The van der Waals surface area contributed by atoms with Gasteiger partial charge in [0, 0.05) is 30.3 Å². The standard InChI is InChI=1S/C13H17NO2/c1-10-9-14(6-3-7-15)13-5-4-11(16-2)8-12(10)13/h4-5,8-9,15H,3,6-7H2,1-2H3. The lowest BCUT2D eigenvalue weighted by molar-refractivity contribution is 0.280. The summed E-state index contributed by atoms with van der Waals surface area (Å²) >= 11 is 0. The van der Waals surface area contributed by atoms with E-state index in [1.807, 2.05) is 6.07 Å². The molecule has 0 atom stereocenters. The minimum Gasteiger partial charge on any atom is -0.497 e. The molecule has 1 aromatic carbocycles. The number of aromatic nitrogens is 1. The number of aliphatic hydroxyl groups excluding tert-OH is 1. The number of rotatable bonds is 4. The topological polar surface area (TPSA) is 34.4 Å². The molecule has 16 heavy (non-hydrogen) atoms. The minimum atomic E-state index is 0.231. The third-order valence-corrected chi connectivity index (χ3v) is 2.84. The molecule has 86 valence electrons. The zero-order valence-corrected chi connectivity index (χ0v) is 9.73. The maximum Gasteiger partial charge on any atom is 0.119 e. The molecule has 1 heterocycles. The Kier molecular flexibility index (Phi) is 3.15. The van der Waals surface area contributed by atoms with Crippen LogP contribution in [-0.2, 0) is 6.54 Å². The van der Waals surface area contributed by atoms with Gasteiger partial charge >= 0.3 is 0 Å². The van der Waals surface area contributed by atoms with Gasteiger partial charge in [0.2, 0.25) is 0 Å². The molecule has 0 spiro atoms. The first-order valence-electron chi connectivity index (χ1n) is 5.50. The largest absolute Gasteiger partial charge is 0.497 e. The second kappa shape index (κ2) is 4.58. The summed E-state index contributed by atoms with van der Waals surface area (Å²) in [5.74, 6) is 0.885. The quantitative estimate of drug-likeness (QED) is 0.856. The third kappa shape index (κ3) is 1.91. The molecule has 0 aliphatic rings. The van der Waals surface area contributed by atoms with E-state index >= 15 is 0 Å². The zero-order valence-electron chi connectivity index (χ0n) is 9.73. The maximum atomic E-state index is 8.86. The van der Waals surface area contributed by atoms with Gasteiger partial charge in [-0.3, -0.25) is 0 Å². The average Bonchev–Trinajstić information content (AvgIpc) is 2.63. The Morgan fingerprint density at radius 3 is 2.88 bits per heavy atom. The van der Waals surface area contributed by atoms with Gasteiger partial charge in [0.1, 0.15) is 5.75 Å². The van der Waals surface area contributed by atoms with Crippen LogP contribution < -0.4 is 4.74 Å². The Morgan fingerprint density at radius 1 is 1.38 bits per heavy atom. The summed E-state index contributed by atoms with van der Waals surface area (Å²) in [5, 5.41) is 10.1. The lowest BCUT2D eigenvalue weighted by atomic mass is 10.2. The van der Waals surface area contributed by atoms with Crippen molar-refractivity contribution >= 4 is 10.9 Å². The smallest absolute Gasteiger partial charge is 0.119 e. The number of benzene rings is 1. The first-order chi connectivity index (χ1) is 7.76. The molecular formula is C13H17NO2. The second-order valence-electron chi connectivity index (χ2n) is 3.97. The molecule has 1 N–H and O–H groups in total. The van der Waals surface area contributed by atoms with Crippen LogP contribution in [0.5, 0.6) is 5.75 Å². The van der Waals surface area contributed by atoms with E-state index < -0.39 is 0 Å². The molecule has 0 saturated carbocycles. The molecule has 1 aromatic heterocycles. The van der Waals surface area contributed by atoms with Gasteiger partial charge in [0.25, 0.3) is 0 Å². The van der Waals surface area contributed by atoms with E-state index in [1.165, 1.54) is 16.5 Å². The fourth-order valence-electron chi connectivity index (χ4n) is 2.01. The van der Waals surface area contributed by atoms with Crippen LogP contribution in [-0.4, -0.2) is 23.4 Å². The Labute approximate surface area is 95.3 Å². The molecule has 3 heteroatoms. The highest BCUT2D eigenvalue weighted by molar-refractivity contribution is 5.85. The number of aryl methyl sites for hydroxylation is 2. The van der Waals surface area contributed by atoms with Crippen LogP contribution >= 0.6 is 0 Å². The fraction of sp³-hybridized carbons (Fsp3) is 0.385. The monoisotopic (exact) mass is 219 g/mol. The van der Waals surface area contributed by atoms with Crippen molar-refractivity contribution < 1.29 is 9.84 Å². The number of nitrogens with zero attached hydrogens (tertiary/aromatic N) is 1. The fourth-order valence-corrected chi connectivity index (χ4v) is 2.01. The van der Waals surface area contributed by atoms with E-state index in [-0.39, 0.29) is 6.61 Å². The van der Waals surface area contributed by atoms with E-state index in [9.17, 15) is 0 Å². The minimum absolute atomic E-state index is 0.231. The maximum absolute atomic E-state index is 8.86. The van der Waals surface area contributed by atoms with E-state index in [0.717, 1.165) is 18.7 Å². The van der Waals surface area contributed by atoms with Crippen LogP contribution in [0.15, 0.2) is 24.4 Å². The molecule has 2 rings (SSSR count). The number of hydrogen-bond donors (Lipinski definition) is 1. The van der Waals surface area contributed by atoms with Gasteiger partial charge in [-0.15, -0.1) is 0 Å². The highest BCUT2D eigenvalue weighted by Gasteiger charge is 2.06. The van der Waals surface area contributed by atoms with Crippen molar-refractivity contribution in [3.8, 4) is 5.75 Å². The summed E-state index contributed by atoms with van der Waals surface area (Å²) in [7, 11) is 1.68. The Morgan fingerprint density at radius 2 is 2.19 bits per heavy atom. The normalized spacial score (nSPS) is 10.9. The number of fused-ring (bicyclic) bond motifs is 1. The molecule has 0 radical (unpaired) electrons. The molecule has 0 unspecified atom stereocenters. The van der Waals surface area contributed by atoms with E-state index in [1.54, 1.807) is 7.11 Å². The zero-order chi connectivity index (χ0) is 11.5. The number of hydrogen-bond acceptors (Lipinski definition) is 2. The van der Waals surface area contributed by atoms with E-state index in [2.05, 4.69) is 29.8 Å². The average molecular weight is 219 g/mol. The third-order valence-electron chi connectivity index (χ3n) is 2.84. The van der Waals surface area contributed by atoms with Crippen LogP contribution in [0.1, 0.15) is 12.0 Å². The number of aliphatic hydroxyl groups is 1. The van der Waals surface area contributed by atoms with Gasteiger partial charge in [0.15, 0.2) is 0 Å². The summed E-state index contributed by atoms with van der Waals surface area (Å²) in [6.07, 6.45) is 2.91. The van der Waals surface area contributed by atoms with Gasteiger partial charge in [0.05, 0.1) is 7.11 Å². The van der Waals surface area contributed by atoms with Crippen molar-refractivity contribution in [2.45, 2.75) is 19.9 Å². The summed E-state index contributed by atoms with van der Waals surface area (Å²) in [6, 6.07) is 6.09. The predicted molar refractivity (Wildman–Crippen MR) is 64.9 cm³/mol. The highest BCUT2D eigenvalue weighted by atomic mass is 16.5. The van der Waals surface area contributed by atoms with Crippen molar-refractivity contribution in [2.75, 3.05) is 13.7 Å². The number of ether oxygens (including phenoxy) is 1. The molecule has 0 fully saturated rings. The lowest BCUT2D eigenvalue weighted by Crippen LogP contribution is -1.98. The Bertz CT molecular complexity index is 488. The molecule has 0 aliphatic heterocycles. The van der Waals surface area contributed by atoms with Crippen molar-refractivity contribution in [1.82, 2.24) is 4.57 Å². The molecule has 0 bridgehead atoms. The van der Waals surface area contributed by atoms with Crippen LogP contribution in [0.4, 0.5) is 0 Å². The van der Waals surface area contributed by atoms with Crippen molar-refractivity contribution in [2.24, 2.45) is 0 Å².